The molecule has 0 saturated carbocycles. The standard InChI is InChI=1S/C26H39NO3/c1-7-8-9-10-12-24(2,3)18-15-20(28)22-19-14-17(23(27)29)11-13-26(19,6)25(4,5)30-21(22)16-18/h11,15-16,19,28H,7-10,12-14H2,1-6H3,(H2,27,29)/t19?,26-/m1/s1. The van der Waals surface area contributed by atoms with Crippen molar-refractivity contribution in [2.24, 2.45) is 11.1 Å². The number of allylic oxidation sites excluding steroid dienone is 1. The van der Waals surface area contributed by atoms with Crippen molar-refractivity contribution in [3.63, 3.8) is 0 Å². The number of phenols is 1. The maximum atomic E-state index is 11.9. The van der Waals surface area contributed by atoms with Crippen LogP contribution in [-0.2, 0) is 10.2 Å². The number of nitrogens with two attached hydrogens (primary N) is 1. The molecule has 0 fully saturated rings. The highest BCUT2D eigenvalue weighted by Crippen LogP contribution is 2.61. The summed E-state index contributed by atoms with van der Waals surface area (Å²) in [7, 11) is 0. The molecule has 1 aliphatic carbocycles. The molecule has 1 aliphatic heterocycles. The number of fused-ring (bicyclic) bond motifs is 3. The number of primary amides is 1. The van der Waals surface area contributed by atoms with Gasteiger partial charge in [-0.3, -0.25) is 4.79 Å². The Morgan fingerprint density at radius 1 is 1.23 bits per heavy atom. The quantitative estimate of drug-likeness (QED) is 0.530. The molecule has 1 aromatic carbocycles. The topological polar surface area (TPSA) is 72.6 Å². The van der Waals surface area contributed by atoms with Gasteiger partial charge in [0, 0.05) is 22.5 Å². The average molecular weight is 414 g/mol. The summed E-state index contributed by atoms with van der Waals surface area (Å²) in [5.41, 5.74) is 7.49. The van der Waals surface area contributed by atoms with E-state index in [0.29, 0.717) is 18.4 Å². The van der Waals surface area contributed by atoms with Crippen LogP contribution in [0, 0.1) is 5.41 Å². The first-order valence-corrected chi connectivity index (χ1v) is 11.5. The number of hydrogen-bond acceptors (Lipinski definition) is 3. The number of hydrogen-bond donors (Lipinski definition) is 2. The summed E-state index contributed by atoms with van der Waals surface area (Å²) in [4.78, 5) is 11.9. The molecule has 0 bridgehead atoms. The average Bonchev–Trinajstić information content (AvgIpc) is 2.64. The van der Waals surface area contributed by atoms with Crippen molar-refractivity contribution in [3.05, 3.63) is 34.9 Å². The third-order valence-electron chi connectivity index (χ3n) is 7.93. The highest BCUT2D eigenvalue weighted by Gasteiger charge is 2.55. The summed E-state index contributed by atoms with van der Waals surface area (Å²) in [5.74, 6) is 0.657. The van der Waals surface area contributed by atoms with E-state index >= 15 is 0 Å². The summed E-state index contributed by atoms with van der Waals surface area (Å²) < 4.78 is 6.54. The van der Waals surface area contributed by atoms with E-state index in [1.807, 2.05) is 12.1 Å². The molecule has 1 heterocycles. The number of ether oxygens (including phenoxy) is 1. The lowest BCUT2D eigenvalue weighted by molar-refractivity contribution is -0.115. The van der Waals surface area contributed by atoms with Crippen LogP contribution in [0.4, 0.5) is 0 Å². The van der Waals surface area contributed by atoms with Crippen molar-refractivity contribution < 1.29 is 14.6 Å². The van der Waals surface area contributed by atoms with Crippen LogP contribution in [0.25, 0.3) is 0 Å². The molecule has 0 saturated heterocycles. The van der Waals surface area contributed by atoms with E-state index in [1.165, 1.54) is 25.7 Å². The van der Waals surface area contributed by atoms with Crippen LogP contribution in [0.3, 0.4) is 0 Å². The number of aromatic hydroxyl groups is 1. The molecule has 0 spiro atoms. The fourth-order valence-electron chi connectivity index (χ4n) is 5.26. The van der Waals surface area contributed by atoms with Crippen LogP contribution in [0.1, 0.15) is 104 Å². The SMILES string of the molecule is CCCCCCC(C)(C)c1cc(O)c2c(c1)OC(C)(C)[C@]1(C)CC=C(C(N)=O)CC21. The summed E-state index contributed by atoms with van der Waals surface area (Å²) in [6.07, 6.45) is 9.18. The molecule has 1 amide bonds. The molecule has 2 atom stereocenters. The number of phenolic OH excluding ortho intramolecular Hbond substituents is 1. The van der Waals surface area contributed by atoms with Crippen LogP contribution in [0.5, 0.6) is 11.5 Å². The van der Waals surface area contributed by atoms with E-state index < -0.39 is 5.60 Å². The van der Waals surface area contributed by atoms with Crippen molar-refractivity contribution >= 4 is 5.91 Å². The van der Waals surface area contributed by atoms with Crippen molar-refractivity contribution in [1.82, 2.24) is 0 Å². The Balaban J connectivity index is 2.01. The molecule has 1 aromatic rings. The van der Waals surface area contributed by atoms with Crippen molar-refractivity contribution in [2.45, 2.75) is 103 Å². The zero-order valence-electron chi connectivity index (χ0n) is 19.6. The first kappa shape index (κ1) is 22.7. The molecule has 30 heavy (non-hydrogen) atoms. The maximum Gasteiger partial charge on any atom is 0.244 e. The van der Waals surface area contributed by atoms with Gasteiger partial charge in [-0.2, -0.15) is 0 Å². The van der Waals surface area contributed by atoms with Crippen molar-refractivity contribution in [1.29, 1.82) is 0 Å². The zero-order valence-corrected chi connectivity index (χ0v) is 19.6. The van der Waals surface area contributed by atoms with E-state index in [1.54, 1.807) is 0 Å². The zero-order chi connectivity index (χ0) is 22.3. The molecular formula is C26H39NO3. The third-order valence-corrected chi connectivity index (χ3v) is 7.93. The van der Waals surface area contributed by atoms with Crippen LogP contribution in [0.15, 0.2) is 23.8 Å². The lowest BCUT2D eigenvalue weighted by atomic mass is 9.56. The Bertz CT molecular complexity index is 852. The van der Waals surface area contributed by atoms with Crippen LogP contribution < -0.4 is 10.5 Å². The Morgan fingerprint density at radius 3 is 2.57 bits per heavy atom. The largest absolute Gasteiger partial charge is 0.508 e. The molecule has 3 rings (SSSR count). The summed E-state index contributed by atoms with van der Waals surface area (Å²) in [6.45, 7) is 13.1. The first-order chi connectivity index (χ1) is 13.9. The minimum Gasteiger partial charge on any atom is -0.508 e. The Hall–Kier alpha value is -1.97. The molecule has 1 unspecified atom stereocenters. The van der Waals surface area contributed by atoms with Gasteiger partial charge in [0.1, 0.15) is 17.1 Å². The summed E-state index contributed by atoms with van der Waals surface area (Å²) >= 11 is 0. The molecule has 0 aromatic heterocycles. The molecule has 0 radical (unpaired) electrons. The predicted octanol–water partition coefficient (Wildman–Crippen LogP) is 6.11. The lowest BCUT2D eigenvalue weighted by Crippen LogP contribution is -2.54. The number of carbonyl (C=O) groups is 1. The van der Waals surface area contributed by atoms with E-state index in [-0.39, 0.29) is 28.4 Å². The molecule has 3 N–H and O–H groups in total. The molecule has 4 heteroatoms. The number of amides is 1. The van der Waals surface area contributed by atoms with Crippen LogP contribution in [-0.4, -0.2) is 16.6 Å². The van der Waals surface area contributed by atoms with Gasteiger partial charge < -0.3 is 15.6 Å². The second-order valence-corrected chi connectivity index (χ2v) is 10.7. The highest BCUT2D eigenvalue weighted by molar-refractivity contribution is 5.92. The minimum absolute atomic E-state index is 0.00883. The van der Waals surface area contributed by atoms with Gasteiger partial charge in [-0.25, -0.2) is 0 Å². The van der Waals surface area contributed by atoms with Gasteiger partial charge in [-0.1, -0.05) is 59.5 Å². The number of benzene rings is 1. The second kappa shape index (κ2) is 7.94. The lowest BCUT2D eigenvalue weighted by Gasteiger charge is -2.54. The minimum atomic E-state index is -0.430. The van der Waals surface area contributed by atoms with E-state index in [9.17, 15) is 9.90 Å². The van der Waals surface area contributed by atoms with Crippen LogP contribution in [0.2, 0.25) is 0 Å². The Morgan fingerprint density at radius 2 is 1.93 bits per heavy atom. The predicted molar refractivity (Wildman–Crippen MR) is 122 cm³/mol. The Kier molecular flexibility index (Phi) is 6.01. The first-order valence-electron chi connectivity index (χ1n) is 11.5. The molecular weight excluding hydrogens is 374 g/mol. The number of carbonyl (C=O) groups excluding carboxylic acids is 1. The van der Waals surface area contributed by atoms with Gasteiger partial charge in [-0.15, -0.1) is 0 Å². The fourth-order valence-corrected chi connectivity index (χ4v) is 5.26. The summed E-state index contributed by atoms with van der Waals surface area (Å²) in [5, 5.41) is 11.1. The van der Waals surface area contributed by atoms with Crippen LogP contribution >= 0.6 is 0 Å². The third kappa shape index (κ3) is 3.86. The van der Waals surface area contributed by atoms with Crippen molar-refractivity contribution in [3.8, 4) is 11.5 Å². The summed E-state index contributed by atoms with van der Waals surface area (Å²) in [6, 6.07) is 4.04. The normalized spacial score (nSPS) is 25.0. The van der Waals surface area contributed by atoms with Gasteiger partial charge in [0.05, 0.1) is 0 Å². The second-order valence-electron chi connectivity index (χ2n) is 10.7. The number of rotatable bonds is 7. The monoisotopic (exact) mass is 413 g/mol. The fraction of sp³-hybridized carbons (Fsp3) is 0.654. The molecule has 2 aliphatic rings. The van der Waals surface area contributed by atoms with Gasteiger partial charge in [0.15, 0.2) is 0 Å². The number of unbranched alkanes of at least 4 members (excludes halogenated alkanes) is 3. The van der Waals surface area contributed by atoms with Crippen molar-refractivity contribution in [2.75, 3.05) is 0 Å². The molecule has 4 nitrogen and oxygen atoms in total. The van der Waals surface area contributed by atoms with Gasteiger partial charge in [0.2, 0.25) is 5.91 Å². The van der Waals surface area contributed by atoms with Gasteiger partial charge in [-0.05, 0) is 56.2 Å². The smallest absolute Gasteiger partial charge is 0.244 e. The highest BCUT2D eigenvalue weighted by atomic mass is 16.5. The van der Waals surface area contributed by atoms with Gasteiger partial charge >= 0.3 is 0 Å². The van der Waals surface area contributed by atoms with E-state index in [2.05, 4.69) is 47.6 Å². The Labute approximate surface area is 181 Å². The maximum absolute atomic E-state index is 11.9. The van der Waals surface area contributed by atoms with E-state index in [0.717, 1.165) is 23.3 Å². The van der Waals surface area contributed by atoms with E-state index in [4.69, 9.17) is 10.5 Å². The van der Waals surface area contributed by atoms with Gasteiger partial charge in [0.25, 0.3) is 0 Å². The molecule has 166 valence electrons.